The Hall–Kier alpha value is -2.43. The molecule has 22 heavy (non-hydrogen) atoms. The molecule has 0 saturated heterocycles. The van der Waals surface area contributed by atoms with Gasteiger partial charge in [0.15, 0.2) is 5.82 Å². The molecule has 1 atom stereocenters. The van der Waals surface area contributed by atoms with Crippen LogP contribution in [0.5, 0.6) is 0 Å². The van der Waals surface area contributed by atoms with E-state index in [9.17, 15) is 4.79 Å². The molecular weight excluding hydrogens is 276 g/mol. The largest absolute Gasteiger partial charge is 0.348 e. The van der Waals surface area contributed by atoms with Crippen molar-refractivity contribution in [1.82, 2.24) is 15.3 Å². The van der Waals surface area contributed by atoms with Crippen molar-refractivity contribution in [2.24, 2.45) is 0 Å². The predicted octanol–water partition coefficient (Wildman–Crippen LogP) is 3.16. The van der Waals surface area contributed by atoms with Gasteiger partial charge in [-0.25, -0.2) is 9.97 Å². The highest BCUT2D eigenvalue weighted by Crippen LogP contribution is 2.21. The van der Waals surface area contributed by atoms with Crippen LogP contribution in [0.3, 0.4) is 0 Å². The first-order chi connectivity index (χ1) is 10.7. The quantitative estimate of drug-likeness (QED) is 0.890. The average molecular weight is 298 g/mol. The molecule has 0 aliphatic rings. The van der Waals surface area contributed by atoms with Crippen molar-refractivity contribution in [1.29, 1.82) is 0 Å². The summed E-state index contributed by atoms with van der Waals surface area (Å²) in [4.78, 5) is 22.7. The molecule has 1 heterocycles. The molecule has 0 fully saturated rings. The van der Waals surface area contributed by atoms with Gasteiger partial charge in [0.2, 0.25) is 0 Å². The number of hydrogen-bond acceptors (Lipinski definition) is 4. The lowest BCUT2D eigenvalue weighted by atomic mass is 10.2. The summed E-state index contributed by atoms with van der Waals surface area (Å²) in [6.45, 7) is 6.82. The van der Waals surface area contributed by atoms with Crippen LogP contribution in [-0.2, 0) is 0 Å². The summed E-state index contributed by atoms with van der Waals surface area (Å²) < 4.78 is 0. The van der Waals surface area contributed by atoms with Crippen molar-refractivity contribution in [3.05, 3.63) is 48.4 Å². The molecule has 0 spiro atoms. The van der Waals surface area contributed by atoms with Gasteiger partial charge in [-0.1, -0.05) is 25.1 Å². The lowest BCUT2D eigenvalue weighted by molar-refractivity contribution is 0.0934. The third-order valence-electron chi connectivity index (χ3n) is 3.52. The number of anilines is 2. The number of aromatic nitrogens is 2. The van der Waals surface area contributed by atoms with Gasteiger partial charge in [-0.15, -0.1) is 0 Å². The molecule has 116 valence electrons. The molecular formula is C17H22N4O. The minimum Gasteiger partial charge on any atom is -0.348 e. The van der Waals surface area contributed by atoms with Gasteiger partial charge in [0.05, 0.1) is 12.4 Å². The summed E-state index contributed by atoms with van der Waals surface area (Å²) in [6.07, 6.45) is 4.05. The van der Waals surface area contributed by atoms with Crippen LogP contribution in [0, 0.1) is 0 Å². The van der Waals surface area contributed by atoms with E-state index in [1.54, 1.807) is 6.20 Å². The Balaban J connectivity index is 2.15. The Labute approximate surface area is 131 Å². The molecule has 1 amide bonds. The molecule has 2 aromatic rings. The maximum atomic E-state index is 12.0. The number of carbonyl (C=O) groups excluding carboxylic acids is 1. The van der Waals surface area contributed by atoms with Crippen LogP contribution in [-0.4, -0.2) is 28.5 Å². The van der Waals surface area contributed by atoms with Crippen LogP contribution in [0.25, 0.3) is 0 Å². The van der Waals surface area contributed by atoms with Crippen molar-refractivity contribution in [2.45, 2.75) is 33.2 Å². The number of rotatable bonds is 6. The van der Waals surface area contributed by atoms with Crippen molar-refractivity contribution >= 4 is 17.4 Å². The molecule has 0 aliphatic carbocycles. The zero-order valence-electron chi connectivity index (χ0n) is 13.3. The van der Waals surface area contributed by atoms with Gasteiger partial charge >= 0.3 is 0 Å². The zero-order chi connectivity index (χ0) is 15.9. The second-order valence-corrected chi connectivity index (χ2v) is 5.12. The summed E-state index contributed by atoms with van der Waals surface area (Å²) in [7, 11) is 0. The van der Waals surface area contributed by atoms with E-state index in [4.69, 9.17) is 0 Å². The number of para-hydroxylation sites is 1. The van der Waals surface area contributed by atoms with Crippen molar-refractivity contribution < 1.29 is 4.79 Å². The van der Waals surface area contributed by atoms with E-state index in [1.807, 2.05) is 49.1 Å². The maximum Gasteiger partial charge on any atom is 0.271 e. The van der Waals surface area contributed by atoms with Crippen LogP contribution in [0.4, 0.5) is 11.5 Å². The Bertz CT molecular complexity index is 598. The van der Waals surface area contributed by atoms with Gasteiger partial charge in [0.25, 0.3) is 5.91 Å². The molecule has 0 saturated carbocycles. The van der Waals surface area contributed by atoms with Crippen molar-refractivity contribution in [2.75, 3.05) is 11.4 Å². The minimum atomic E-state index is -0.184. The van der Waals surface area contributed by atoms with Crippen LogP contribution in [0.15, 0.2) is 42.7 Å². The van der Waals surface area contributed by atoms with Gasteiger partial charge in [-0.05, 0) is 32.4 Å². The van der Waals surface area contributed by atoms with Gasteiger partial charge in [0, 0.05) is 18.3 Å². The van der Waals surface area contributed by atoms with E-state index < -0.39 is 0 Å². The summed E-state index contributed by atoms with van der Waals surface area (Å²) in [5.41, 5.74) is 1.39. The molecule has 0 aliphatic heterocycles. The highest BCUT2D eigenvalue weighted by atomic mass is 16.1. The molecule has 1 unspecified atom stereocenters. The first-order valence-electron chi connectivity index (χ1n) is 7.61. The molecule has 0 bridgehead atoms. The number of hydrogen-bond donors (Lipinski definition) is 1. The molecule has 1 N–H and O–H groups in total. The van der Waals surface area contributed by atoms with Gasteiger partial charge in [0.1, 0.15) is 5.69 Å². The lowest BCUT2D eigenvalue weighted by Gasteiger charge is -2.21. The Morgan fingerprint density at radius 3 is 2.45 bits per heavy atom. The van der Waals surface area contributed by atoms with Crippen LogP contribution in [0.2, 0.25) is 0 Å². The number of benzene rings is 1. The molecule has 5 nitrogen and oxygen atoms in total. The monoisotopic (exact) mass is 298 g/mol. The molecule has 1 aromatic heterocycles. The average Bonchev–Trinajstić information content (AvgIpc) is 2.57. The number of nitrogens with zero attached hydrogens (tertiary/aromatic N) is 3. The first kappa shape index (κ1) is 15.9. The molecule has 5 heteroatoms. The smallest absolute Gasteiger partial charge is 0.271 e. The van der Waals surface area contributed by atoms with E-state index in [-0.39, 0.29) is 11.9 Å². The number of amides is 1. The van der Waals surface area contributed by atoms with Crippen LogP contribution in [0.1, 0.15) is 37.7 Å². The summed E-state index contributed by atoms with van der Waals surface area (Å²) >= 11 is 0. The van der Waals surface area contributed by atoms with Crippen LogP contribution >= 0.6 is 0 Å². The first-order valence-corrected chi connectivity index (χ1v) is 7.61. The molecule has 2 rings (SSSR count). The molecule has 0 radical (unpaired) electrons. The third kappa shape index (κ3) is 3.81. The Morgan fingerprint density at radius 1 is 1.18 bits per heavy atom. The third-order valence-corrected chi connectivity index (χ3v) is 3.52. The standard InChI is InChI=1S/C17H22N4O/c1-4-13(3)20-17(22)15-11-19-16(12-18-15)21(5-2)14-9-7-6-8-10-14/h6-13H,4-5H2,1-3H3,(H,20,22). The van der Waals surface area contributed by atoms with E-state index in [0.717, 1.165) is 24.5 Å². The fraction of sp³-hybridized carbons (Fsp3) is 0.353. The highest BCUT2D eigenvalue weighted by Gasteiger charge is 2.13. The maximum absolute atomic E-state index is 12.0. The summed E-state index contributed by atoms with van der Waals surface area (Å²) in [5.74, 6) is 0.546. The highest BCUT2D eigenvalue weighted by molar-refractivity contribution is 5.92. The Kier molecular flexibility index (Phi) is 5.47. The Morgan fingerprint density at radius 2 is 1.91 bits per heavy atom. The normalized spacial score (nSPS) is 11.8. The lowest BCUT2D eigenvalue weighted by Crippen LogP contribution is -2.32. The summed E-state index contributed by atoms with van der Waals surface area (Å²) in [6, 6.07) is 10.1. The van der Waals surface area contributed by atoms with Crippen LogP contribution < -0.4 is 10.2 Å². The molecule has 1 aromatic carbocycles. The van der Waals surface area contributed by atoms with Gasteiger partial charge in [-0.2, -0.15) is 0 Å². The van der Waals surface area contributed by atoms with E-state index in [2.05, 4.69) is 22.2 Å². The SMILES string of the molecule is CCC(C)NC(=O)c1cnc(N(CC)c2ccccc2)cn1. The fourth-order valence-electron chi connectivity index (χ4n) is 2.06. The zero-order valence-corrected chi connectivity index (χ0v) is 13.3. The second kappa shape index (κ2) is 7.54. The second-order valence-electron chi connectivity index (χ2n) is 5.12. The van der Waals surface area contributed by atoms with E-state index in [0.29, 0.717) is 5.69 Å². The van der Waals surface area contributed by atoms with Gasteiger partial charge in [-0.3, -0.25) is 4.79 Å². The fourth-order valence-corrected chi connectivity index (χ4v) is 2.06. The number of carbonyl (C=O) groups is 1. The van der Waals surface area contributed by atoms with Crippen molar-refractivity contribution in [3.8, 4) is 0 Å². The van der Waals surface area contributed by atoms with E-state index in [1.165, 1.54) is 6.20 Å². The van der Waals surface area contributed by atoms with Gasteiger partial charge < -0.3 is 10.2 Å². The number of nitrogens with one attached hydrogen (secondary N) is 1. The predicted molar refractivity (Wildman–Crippen MR) is 88.4 cm³/mol. The van der Waals surface area contributed by atoms with E-state index >= 15 is 0 Å². The summed E-state index contributed by atoms with van der Waals surface area (Å²) in [5, 5.41) is 2.89. The topological polar surface area (TPSA) is 58.1 Å². The minimum absolute atomic E-state index is 0.130. The van der Waals surface area contributed by atoms with Crippen molar-refractivity contribution in [3.63, 3.8) is 0 Å².